The first-order chi connectivity index (χ1) is 7.40. The molecule has 1 aromatic rings. The Morgan fingerprint density at radius 2 is 1.82 bits per heavy atom. The van der Waals surface area contributed by atoms with Gasteiger partial charge in [0, 0.05) is 11.3 Å². The number of anilines is 1. The average molecular weight is 255 g/mol. The van der Waals surface area contributed by atoms with Crippen LogP contribution in [0.2, 0.25) is 0 Å². The summed E-state index contributed by atoms with van der Waals surface area (Å²) in [5, 5.41) is 2.72. The number of halogens is 1. The lowest BCUT2D eigenvalue weighted by Gasteiger charge is -2.23. The minimum absolute atomic E-state index is 0. The number of hydrogen-bond acceptors (Lipinski definition) is 1. The van der Waals surface area contributed by atoms with E-state index in [1.807, 2.05) is 24.3 Å². The maximum absolute atomic E-state index is 11.1. The maximum atomic E-state index is 11.1. The number of benzene rings is 1. The smallest absolute Gasteiger partial charge is 0.247 e. The zero-order chi connectivity index (χ0) is 12.2. The molecule has 0 unspecified atom stereocenters. The highest BCUT2D eigenvalue weighted by Crippen LogP contribution is 2.12. The molecule has 0 aliphatic rings. The lowest BCUT2D eigenvalue weighted by molar-refractivity contribution is -0.884. The summed E-state index contributed by atoms with van der Waals surface area (Å²) in [7, 11) is 6.44. The molecule has 0 saturated heterocycles. The topological polar surface area (TPSA) is 29.1 Å². The molecule has 0 fully saturated rings. The van der Waals surface area contributed by atoms with Gasteiger partial charge in [0.2, 0.25) is 5.91 Å². The van der Waals surface area contributed by atoms with Gasteiger partial charge in [-0.25, -0.2) is 0 Å². The summed E-state index contributed by atoms with van der Waals surface area (Å²) in [5.74, 6) is -0.181. The van der Waals surface area contributed by atoms with Crippen LogP contribution < -0.4 is 17.7 Å². The summed E-state index contributed by atoms with van der Waals surface area (Å²) in [5.41, 5.74) is 2.05. The standard InChI is InChI=1S/C13H18N2O.ClH/c1-5-13(16)14-12-8-6-11(7-9-12)10-15(2,3)4;/h5-9H,1,10H2,2-4H3;1H. The van der Waals surface area contributed by atoms with Gasteiger partial charge in [-0.15, -0.1) is 0 Å². The van der Waals surface area contributed by atoms with E-state index in [0.29, 0.717) is 0 Å². The Hall–Kier alpha value is -1.32. The van der Waals surface area contributed by atoms with Crippen molar-refractivity contribution in [2.75, 3.05) is 26.5 Å². The highest BCUT2D eigenvalue weighted by molar-refractivity contribution is 5.98. The van der Waals surface area contributed by atoms with Gasteiger partial charge >= 0.3 is 0 Å². The number of amides is 1. The number of carbonyl (C=O) groups excluding carboxylic acids is 1. The second-order valence-electron chi connectivity index (χ2n) is 4.84. The number of carbonyl (C=O) groups is 1. The van der Waals surface area contributed by atoms with Gasteiger partial charge in [-0.1, -0.05) is 18.7 Å². The molecule has 0 saturated carbocycles. The van der Waals surface area contributed by atoms with E-state index in [0.717, 1.165) is 16.7 Å². The van der Waals surface area contributed by atoms with E-state index in [2.05, 4.69) is 33.0 Å². The summed E-state index contributed by atoms with van der Waals surface area (Å²) < 4.78 is 0.887. The van der Waals surface area contributed by atoms with Crippen LogP contribution in [0.15, 0.2) is 36.9 Å². The predicted octanol–water partition coefficient (Wildman–Crippen LogP) is -0.979. The molecular formula is C13H19ClN2O. The minimum atomic E-state index is -0.181. The molecule has 0 radical (unpaired) electrons. The third-order valence-corrected chi connectivity index (χ3v) is 2.06. The Bertz CT molecular complexity index is 379. The fourth-order valence-corrected chi connectivity index (χ4v) is 1.43. The molecule has 0 aromatic heterocycles. The van der Waals surface area contributed by atoms with Crippen molar-refractivity contribution in [3.05, 3.63) is 42.5 Å². The SMILES string of the molecule is C=CC(=O)Nc1ccc(C[N+](C)(C)C)cc1.[Cl-]. The van der Waals surface area contributed by atoms with E-state index < -0.39 is 0 Å². The Morgan fingerprint density at radius 1 is 1.29 bits per heavy atom. The van der Waals surface area contributed by atoms with Crippen LogP contribution in [0.1, 0.15) is 5.56 Å². The van der Waals surface area contributed by atoms with Crippen molar-refractivity contribution in [2.24, 2.45) is 0 Å². The lowest BCUT2D eigenvalue weighted by atomic mass is 10.2. The van der Waals surface area contributed by atoms with E-state index in [1.165, 1.54) is 11.6 Å². The first-order valence-electron chi connectivity index (χ1n) is 5.23. The second-order valence-corrected chi connectivity index (χ2v) is 4.84. The molecule has 1 amide bonds. The van der Waals surface area contributed by atoms with Gasteiger partial charge in [0.15, 0.2) is 0 Å². The monoisotopic (exact) mass is 254 g/mol. The molecule has 0 atom stereocenters. The van der Waals surface area contributed by atoms with Crippen LogP contribution in [-0.2, 0) is 11.3 Å². The van der Waals surface area contributed by atoms with Crippen LogP contribution in [0, 0.1) is 0 Å². The molecule has 0 bridgehead atoms. The van der Waals surface area contributed by atoms with Crippen LogP contribution >= 0.6 is 0 Å². The maximum Gasteiger partial charge on any atom is 0.247 e. The molecular weight excluding hydrogens is 236 g/mol. The van der Waals surface area contributed by atoms with E-state index in [4.69, 9.17) is 0 Å². The Balaban J connectivity index is 0.00000256. The van der Waals surface area contributed by atoms with E-state index in [9.17, 15) is 4.79 Å². The van der Waals surface area contributed by atoms with Crippen LogP contribution in [0.3, 0.4) is 0 Å². The zero-order valence-corrected chi connectivity index (χ0v) is 11.3. The highest BCUT2D eigenvalue weighted by Gasteiger charge is 2.08. The van der Waals surface area contributed by atoms with Gasteiger partial charge in [0.25, 0.3) is 0 Å². The van der Waals surface area contributed by atoms with Crippen LogP contribution in [0.25, 0.3) is 0 Å². The Morgan fingerprint density at radius 3 is 2.24 bits per heavy atom. The van der Waals surface area contributed by atoms with Crippen molar-refractivity contribution in [3.8, 4) is 0 Å². The van der Waals surface area contributed by atoms with Gasteiger partial charge in [-0.2, -0.15) is 0 Å². The molecule has 94 valence electrons. The van der Waals surface area contributed by atoms with Crippen molar-refractivity contribution in [1.82, 2.24) is 0 Å². The molecule has 1 N–H and O–H groups in total. The summed E-state index contributed by atoms with van der Waals surface area (Å²) >= 11 is 0. The third kappa shape index (κ3) is 6.09. The second kappa shape index (κ2) is 6.42. The number of hydrogen-bond donors (Lipinski definition) is 1. The zero-order valence-electron chi connectivity index (χ0n) is 10.5. The van der Waals surface area contributed by atoms with Gasteiger partial charge in [0.1, 0.15) is 6.54 Å². The summed E-state index contributed by atoms with van der Waals surface area (Å²) in [6.07, 6.45) is 1.26. The van der Waals surface area contributed by atoms with Gasteiger partial charge in [0.05, 0.1) is 21.1 Å². The molecule has 4 heteroatoms. The third-order valence-electron chi connectivity index (χ3n) is 2.06. The number of rotatable bonds is 4. The minimum Gasteiger partial charge on any atom is -1.00 e. The van der Waals surface area contributed by atoms with E-state index >= 15 is 0 Å². The molecule has 0 aliphatic heterocycles. The molecule has 1 rings (SSSR count). The molecule has 3 nitrogen and oxygen atoms in total. The Kier molecular flexibility index (Phi) is 5.93. The summed E-state index contributed by atoms with van der Waals surface area (Å²) in [6, 6.07) is 7.88. The van der Waals surface area contributed by atoms with Gasteiger partial charge in [-0.3, -0.25) is 4.79 Å². The van der Waals surface area contributed by atoms with Gasteiger partial charge < -0.3 is 22.2 Å². The molecule has 0 heterocycles. The number of quaternary nitrogens is 1. The van der Waals surface area contributed by atoms with Crippen molar-refractivity contribution < 1.29 is 21.7 Å². The van der Waals surface area contributed by atoms with E-state index in [1.54, 1.807) is 0 Å². The van der Waals surface area contributed by atoms with Crippen LogP contribution in [0.4, 0.5) is 5.69 Å². The van der Waals surface area contributed by atoms with E-state index in [-0.39, 0.29) is 18.3 Å². The Labute approximate surface area is 109 Å². The number of nitrogens with one attached hydrogen (secondary N) is 1. The predicted molar refractivity (Wildman–Crippen MR) is 67.0 cm³/mol. The molecule has 1 aromatic carbocycles. The quantitative estimate of drug-likeness (QED) is 0.543. The van der Waals surface area contributed by atoms with Crippen molar-refractivity contribution in [1.29, 1.82) is 0 Å². The van der Waals surface area contributed by atoms with Crippen molar-refractivity contribution in [2.45, 2.75) is 6.54 Å². The summed E-state index contributed by atoms with van der Waals surface area (Å²) in [4.78, 5) is 11.1. The largest absolute Gasteiger partial charge is 1.00 e. The highest BCUT2D eigenvalue weighted by atomic mass is 35.5. The molecule has 0 spiro atoms. The van der Waals surface area contributed by atoms with Crippen LogP contribution in [-0.4, -0.2) is 31.5 Å². The summed E-state index contributed by atoms with van der Waals surface area (Å²) in [6.45, 7) is 4.38. The fraction of sp³-hybridized carbons (Fsp3) is 0.308. The first-order valence-corrected chi connectivity index (χ1v) is 5.23. The van der Waals surface area contributed by atoms with Crippen molar-refractivity contribution in [3.63, 3.8) is 0 Å². The average Bonchev–Trinajstić information content (AvgIpc) is 2.18. The van der Waals surface area contributed by atoms with Crippen molar-refractivity contribution >= 4 is 11.6 Å². The van der Waals surface area contributed by atoms with Gasteiger partial charge in [-0.05, 0) is 18.2 Å². The molecule has 17 heavy (non-hydrogen) atoms. The van der Waals surface area contributed by atoms with Crippen LogP contribution in [0.5, 0.6) is 0 Å². The first kappa shape index (κ1) is 15.7. The number of nitrogens with zero attached hydrogens (tertiary/aromatic N) is 1. The fourth-order valence-electron chi connectivity index (χ4n) is 1.43. The lowest BCUT2D eigenvalue weighted by Crippen LogP contribution is -3.00. The molecule has 0 aliphatic carbocycles. The normalized spacial score (nSPS) is 10.3.